The van der Waals surface area contributed by atoms with Crippen LogP contribution in [0.5, 0.6) is 5.75 Å². The van der Waals surface area contributed by atoms with Gasteiger partial charge in [-0.2, -0.15) is 0 Å². The molecule has 6 heteroatoms. The summed E-state index contributed by atoms with van der Waals surface area (Å²) in [6, 6.07) is 3.01. The van der Waals surface area contributed by atoms with Crippen LogP contribution < -0.4 is 15.4 Å². The molecule has 0 saturated heterocycles. The van der Waals surface area contributed by atoms with Gasteiger partial charge in [-0.15, -0.1) is 0 Å². The largest absolute Gasteiger partial charge is 0.486 e. The van der Waals surface area contributed by atoms with E-state index in [0.717, 1.165) is 5.69 Å². The van der Waals surface area contributed by atoms with Crippen molar-refractivity contribution in [1.29, 1.82) is 0 Å². The van der Waals surface area contributed by atoms with Crippen LogP contribution in [0.2, 0.25) is 0 Å². The van der Waals surface area contributed by atoms with Crippen LogP contribution >= 0.6 is 0 Å². The van der Waals surface area contributed by atoms with Gasteiger partial charge >= 0.3 is 0 Å². The number of aromatic nitrogens is 2. The van der Waals surface area contributed by atoms with Crippen LogP contribution in [0.4, 0.5) is 15.8 Å². The standard InChI is InChI=1S/C12H13FN4O/c13-10-3-8(14)4-11-12(10)18-2-1-17(11)6-9-5-15-7-16-9/h3-5,7H,1-2,6,14H2,(H,15,16). The third-order valence-corrected chi connectivity index (χ3v) is 2.91. The van der Waals surface area contributed by atoms with Crippen LogP contribution in [0.25, 0.3) is 0 Å². The van der Waals surface area contributed by atoms with Crippen molar-refractivity contribution in [2.75, 3.05) is 23.8 Å². The van der Waals surface area contributed by atoms with E-state index in [0.29, 0.717) is 31.1 Å². The second kappa shape index (κ2) is 4.21. The third kappa shape index (κ3) is 1.85. The molecular weight excluding hydrogens is 235 g/mol. The van der Waals surface area contributed by atoms with Crippen LogP contribution in [-0.2, 0) is 6.54 Å². The second-order valence-electron chi connectivity index (χ2n) is 4.20. The molecule has 0 amide bonds. The van der Waals surface area contributed by atoms with Crippen molar-refractivity contribution in [3.05, 3.63) is 36.2 Å². The summed E-state index contributed by atoms with van der Waals surface area (Å²) in [5.74, 6) is -0.144. The molecule has 2 heterocycles. The molecule has 5 nitrogen and oxygen atoms in total. The quantitative estimate of drug-likeness (QED) is 0.791. The van der Waals surface area contributed by atoms with Gasteiger partial charge in [0.1, 0.15) is 6.61 Å². The Balaban J connectivity index is 1.96. The van der Waals surface area contributed by atoms with E-state index in [1.54, 1.807) is 18.6 Å². The molecule has 1 aliphatic heterocycles. The summed E-state index contributed by atoms with van der Waals surface area (Å²) in [6.45, 7) is 1.77. The molecule has 18 heavy (non-hydrogen) atoms. The highest BCUT2D eigenvalue weighted by Crippen LogP contribution is 2.36. The molecule has 0 atom stereocenters. The number of fused-ring (bicyclic) bond motifs is 1. The molecule has 0 radical (unpaired) electrons. The van der Waals surface area contributed by atoms with Crippen LogP contribution in [0, 0.1) is 5.82 Å². The molecule has 1 aliphatic rings. The number of hydrogen-bond donors (Lipinski definition) is 2. The van der Waals surface area contributed by atoms with Gasteiger partial charge in [-0.05, 0) is 6.07 Å². The molecule has 1 aromatic carbocycles. The minimum absolute atomic E-state index is 0.273. The van der Waals surface area contributed by atoms with Crippen molar-refractivity contribution < 1.29 is 9.13 Å². The number of rotatable bonds is 2. The van der Waals surface area contributed by atoms with Gasteiger partial charge in [-0.1, -0.05) is 0 Å². The molecule has 0 spiro atoms. The zero-order valence-corrected chi connectivity index (χ0v) is 9.69. The Morgan fingerprint density at radius 3 is 3.17 bits per heavy atom. The number of anilines is 2. The Bertz CT molecular complexity index is 555. The summed E-state index contributed by atoms with van der Waals surface area (Å²) in [7, 11) is 0. The lowest BCUT2D eigenvalue weighted by Gasteiger charge is -2.31. The topological polar surface area (TPSA) is 67.2 Å². The Morgan fingerprint density at radius 1 is 1.50 bits per heavy atom. The zero-order valence-electron chi connectivity index (χ0n) is 9.69. The zero-order chi connectivity index (χ0) is 12.5. The van der Waals surface area contributed by atoms with Crippen molar-refractivity contribution >= 4 is 11.4 Å². The molecule has 0 unspecified atom stereocenters. The van der Waals surface area contributed by atoms with E-state index in [1.165, 1.54) is 6.07 Å². The maximum Gasteiger partial charge on any atom is 0.178 e. The predicted octanol–water partition coefficient (Wildman–Crippen LogP) is 1.53. The molecule has 1 aromatic heterocycles. The predicted molar refractivity (Wildman–Crippen MR) is 65.9 cm³/mol. The van der Waals surface area contributed by atoms with Crippen LogP contribution in [0.15, 0.2) is 24.7 Å². The first-order chi connectivity index (χ1) is 8.74. The maximum atomic E-state index is 13.7. The molecule has 0 bridgehead atoms. The number of H-pyrrole nitrogens is 1. The van der Waals surface area contributed by atoms with Gasteiger partial charge in [0.25, 0.3) is 0 Å². The molecule has 2 aromatic rings. The number of nitrogens with one attached hydrogen (secondary N) is 1. The van der Waals surface area contributed by atoms with Crippen LogP contribution in [0.3, 0.4) is 0 Å². The van der Waals surface area contributed by atoms with Crippen LogP contribution in [0.1, 0.15) is 5.69 Å². The number of halogens is 1. The van der Waals surface area contributed by atoms with Crippen molar-refractivity contribution in [3.63, 3.8) is 0 Å². The monoisotopic (exact) mass is 248 g/mol. The molecule has 0 fully saturated rings. The fourth-order valence-corrected chi connectivity index (χ4v) is 2.10. The summed E-state index contributed by atoms with van der Waals surface area (Å²) in [5, 5.41) is 0. The van der Waals surface area contributed by atoms with Gasteiger partial charge in [0.15, 0.2) is 11.6 Å². The molecule has 0 saturated carbocycles. The summed E-state index contributed by atoms with van der Waals surface area (Å²) in [5.41, 5.74) is 7.72. The van der Waals surface area contributed by atoms with Gasteiger partial charge in [0, 0.05) is 18.0 Å². The first-order valence-electron chi connectivity index (χ1n) is 5.68. The normalized spacial score (nSPS) is 14.2. The van der Waals surface area contributed by atoms with E-state index in [-0.39, 0.29) is 5.75 Å². The Kier molecular flexibility index (Phi) is 2.55. The third-order valence-electron chi connectivity index (χ3n) is 2.91. The number of aromatic amines is 1. The van der Waals surface area contributed by atoms with E-state index >= 15 is 0 Å². The number of nitrogen functional groups attached to an aromatic ring is 1. The van der Waals surface area contributed by atoms with E-state index in [9.17, 15) is 4.39 Å². The lowest BCUT2D eigenvalue weighted by Crippen LogP contribution is -2.32. The number of imidazole rings is 1. The highest BCUT2D eigenvalue weighted by Gasteiger charge is 2.22. The molecule has 3 N–H and O–H groups in total. The molecule has 3 rings (SSSR count). The Labute approximate surface area is 103 Å². The van der Waals surface area contributed by atoms with E-state index < -0.39 is 5.82 Å². The van der Waals surface area contributed by atoms with Crippen LogP contribution in [-0.4, -0.2) is 23.1 Å². The van der Waals surface area contributed by atoms with Crippen molar-refractivity contribution in [2.45, 2.75) is 6.54 Å². The average Bonchev–Trinajstić information content (AvgIpc) is 2.83. The first kappa shape index (κ1) is 10.9. The van der Waals surface area contributed by atoms with Gasteiger partial charge in [-0.25, -0.2) is 9.37 Å². The summed E-state index contributed by atoms with van der Waals surface area (Å²) in [4.78, 5) is 9.01. The Hall–Kier alpha value is -2.24. The number of hydrogen-bond acceptors (Lipinski definition) is 4. The SMILES string of the molecule is Nc1cc(F)c2c(c1)N(Cc1cnc[nH]1)CCO2. The summed E-state index contributed by atoms with van der Waals surface area (Å²) in [6.07, 6.45) is 3.37. The lowest BCUT2D eigenvalue weighted by molar-refractivity contribution is 0.291. The van der Waals surface area contributed by atoms with Gasteiger partial charge in [0.2, 0.25) is 0 Å². The lowest BCUT2D eigenvalue weighted by atomic mass is 10.2. The van der Waals surface area contributed by atoms with Crippen molar-refractivity contribution in [1.82, 2.24) is 9.97 Å². The minimum Gasteiger partial charge on any atom is -0.486 e. The van der Waals surface area contributed by atoms with Crippen molar-refractivity contribution in [3.8, 4) is 5.75 Å². The number of ether oxygens (including phenoxy) is 1. The van der Waals surface area contributed by atoms with Gasteiger partial charge in [-0.3, -0.25) is 0 Å². The fraction of sp³-hybridized carbons (Fsp3) is 0.250. The first-order valence-corrected chi connectivity index (χ1v) is 5.68. The summed E-state index contributed by atoms with van der Waals surface area (Å²) >= 11 is 0. The van der Waals surface area contributed by atoms with E-state index in [4.69, 9.17) is 10.5 Å². The molecular formula is C12H13FN4O. The smallest absolute Gasteiger partial charge is 0.178 e. The number of nitrogens with zero attached hydrogens (tertiary/aromatic N) is 2. The average molecular weight is 248 g/mol. The van der Waals surface area contributed by atoms with Gasteiger partial charge in [0.05, 0.1) is 30.8 Å². The highest BCUT2D eigenvalue weighted by atomic mass is 19.1. The van der Waals surface area contributed by atoms with Gasteiger partial charge < -0.3 is 20.4 Å². The Morgan fingerprint density at radius 2 is 2.39 bits per heavy atom. The number of nitrogens with two attached hydrogens (primary N) is 1. The minimum atomic E-state index is -0.417. The highest BCUT2D eigenvalue weighted by molar-refractivity contribution is 5.66. The summed E-state index contributed by atoms with van der Waals surface area (Å²) < 4.78 is 19.1. The second-order valence-corrected chi connectivity index (χ2v) is 4.20. The molecule has 94 valence electrons. The van der Waals surface area contributed by atoms with E-state index in [2.05, 4.69) is 9.97 Å². The van der Waals surface area contributed by atoms with Crippen molar-refractivity contribution in [2.24, 2.45) is 0 Å². The maximum absolute atomic E-state index is 13.7. The fourth-order valence-electron chi connectivity index (χ4n) is 2.10. The number of benzene rings is 1. The molecule has 0 aliphatic carbocycles. The van der Waals surface area contributed by atoms with E-state index in [1.807, 2.05) is 4.90 Å².